The lowest BCUT2D eigenvalue weighted by Crippen LogP contribution is -2.03. The SMILES string of the molecule is CCCCOCCCCCCOCCOC. The van der Waals surface area contributed by atoms with E-state index in [1.54, 1.807) is 7.11 Å². The smallest absolute Gasteiger partial charge is 0.0700 e. The highest BCUT2D eigenvalue weighted by Gasteiger charge is 1.92. The van der Waals surface area contributed by atoms with Crippen molar-refractivity contribution < 1.29 is 14.2 Å². The van der Waals surface area contributed by atoms with Crippen molar-refractivity contribution in [3.8, 4) is 0 Å². The molecule has 0 atom stereocenters. The second kappa shape index (κ2) is 14.9. The lowest BCUT2D eigenvalue weighted by Gasteiger charge is -2.04. The Labute approximate surface area is 100 Å². The summed E-state index contributed by atoms with van der Waals surface area (Å²) in [6.07, 6.45) is 7.23. The summed E-state index contributed by atoms with van der Waals surface area (Å²) < 4.78 is 15.8. The Morgan fingerprint density at radius 3 is 1.75 bits per heavy atom. The van der Waals surface area contributed by atoms with E-state index >= 15 is 0 Å². The second-order valence-electron chi connectivity index (χ2n) is 3.99. The summed E-state index contributed by atoms with van der Waals surface area (Å²) in [6, 6.07) is 0. The first-order valence-corrected chi connectivity index (χ1v) is 6.56. The zero-order valence-electron chi connectivity index (χ0n) is 11.0. The lowest BCUT2D eigenvalue weighted by molar-refractivity contribution is 0.0680. The minimum absolute atomic E-state index is 0.700. The molecule has 0 rings (SSSR count). The van der Waals surface area contributed by atoms with E-state index in [1.165, 1.54) is 32.1 Å². The maximum Gasteiger partial charge on any atom is 0.0700 e. The van der Waals surface area contributed by atoms with Crippen LogP contribution in [0.1, 0.15) is 45.4 Å². The van der Waals surface area contributed by atoms with Gasteiger partial charge in [-0.05, 0) is 19.3 Å². The van der Waals surface area contributed by atoms with Crippen molar-refractivity contribution in [2.75, 3.05) is 40.1 Å². The van der Waals surface area contributed by atoms with Crippen LogP contribution in [0.2, 0.25) is 0 Å². The van der Waals surface area contributed by atoms with Gasteiger partial charge in [0.1, 0.15) is 0 Å². The van der Waals surface area contributed by atoms with Gasteiger partial charge in [-0.2, -0.15) is 0 Å². The summed E-state index contributed by atoms with van der Waals surface area (Å²) in [5.41, 5.74) is 0. The van der Waals surface area contributed by atoms with Crippen LogP contribution in [0.4, 0.5) is 0 Å². The van der Waals surface area contributed by atoms with Crippen molar-refractivity contribution in [2.45, 2.75) is 45.4 Å². The van der Waals surface area contributed by atoms with E-state index in [9.17, 15) is 0 Å². The van der Waals surface area contributed by atoms with Crippen LogP contribution in [0.3, 0.4) is 0 Å². The number of ether oxygens (including phenoxy) is 3. The van der Waals surface area contributed by atoms with Gasteiger partial charge in [0.15, 0.2) is 0 Å². The van der Waals surface area contributed by atoms with Gasteiger partial charge >= 0.3 is 0 Å². The fourth-order valence-corrected chi connectivity index (χ4v) is 1.35. The maximum absolute atomic E-state index is 5.49. The fourth-order valence-electron chi connectivity index (χ4n) is 1.35. The van der Waals surface area contributed by atoms with Crippen LogP contribution in [0, 0.1) is 0 Å². The van der Waals surface area contributed by atoms with Gasteiger partial charge in [0.05, 0.1) is 13.2 Å². The Morgan fingerprint density at radius 2 is 1.19 bits per heavy atom. The van der Waals surface area contributed by atoms with E-state index < -0.39 is 0 Å². The molecule has 3 heteroatoms. The first-order chi connectivity index (χ1) is 7.91. The highest BCUT2D eigenvalue weighted by Crippen LogP contribution is 2.01. The molecule has 3 nitrogen and oxygen atoms in total. The van der Waals surface area contributed by atoms with E-state index in [0.717, 1.165) is 32.8 Å². The molecule has 0 aromatic heterocycles. The van der Waals surface area contributed by atoms with E-state index in [4.69, 9.17) is 14.2 Å². The van der Waals surface area contributed by atoms with Crippen molar-refractivity contribution in [3.63, 3.8) is 0 Å². The molecule has 0 saturated carbocycles. The van der Waals surface area contributed by atoms with Gasteiger partial charge in [0.2, 0.25) is 0 Å². The molecule has 0 fully saturated rings. The first kappa shape index (κ1) is 15.9. The fraction of sp³-hybridized carbons (Fsp3) is 1.00. The van der Waals surface area contributed by atoms with Gasteiger partial charge in [-0.1, -0.05) is 26.2 Å². The number of methoxy groups -OCH3 is 1. The van der Waals surface area contributed by atoms with Crippen LogP contribution in [0.25, 0.3) is 0 Å². The van der Waals surface area contributed by atoms with E-state index in [0.29, 0.717) is 6.61 Å². The average Bonchev–Trinajstić information content (AvgIpc) is 2.31. The molecule has 0 amide bonds. The summed E-state index contributed by atoms with van der Waals surface area (Å²) in [4.78, 5) is 0. The van der Waals surface area contributed by atoms with Gasteiger partial charge in [0, 0.05) is 26.9 Å². The standard InChI is InChI=1S/C13H28O3/c1-3-4-9-15-10-7-5-6-8-11-16-13-12-14-2/h3-13H2,1-2H3. The first-order valence-electron chi connectivity index (χ1n) is 6.56. The molecular weight excluding hydrogens is 204 g/mol. The van der Waals surface area contributed by atoms with Gasteiger partial charge in [-0.3, -0.25) is 0 Å². The second-order valence-corrected chi connectivity index (χ2v) is 3.99. The van der Waals surface area contributed by atoms with E-state index in [1.807, 2.05) is 0 Å². The lowest BCUT2D eigenvalue weighted by atomic mass is 10.2. The third kappa shape index (κ3) is 13.9. The zero-order chi connectivity index (χ0) is 11.9. The van der Waals surface area contributed by atoms with Crippen molar-refractivity contribution in [1.29, 1.82) is 0 Å². The molecule has 98 valence electrons. The number of rotatable bonds is 13. The van der Waals surface area contributed by atoms with Crippen LogP contribution in [0.15, 0.2) is 0 Å². The number of hydrogen-bond donors (Lipinski definition) is 0. The Morgan fingerprint density at radius 1 is 0.625 bits per heavy atom. The maximum atomic E-state index is 5.49. The molecule has 16 heavy (non-hydrogen) atoms. The Bertz CT molecular complexity index is 104. The molecule has 0 saturated heterocycles. The molecule has 0 aliphatic rings. The van der Waals surface area contributed by atoms with Crippen LogP contribution < -0.4 is 0 Å². The summed E-state index contributed by atoms with van der Waals surface area (Å²) >= 11 is 0. The van der Waals surface area contributed by atoms with Gasteiger partial charge in [0.25, 0.3) is 0 Å². The summed E-state index contributed by atoms with van der Waals surface area (Å²) in [5, 5.41) is 0. The summed E-state index contributed by atoms with van der Waals surface area (Å²) in [6.45, 7) is 6.32. The highest BCUT2D eigenvalue weighted by molar-refractivity contribution is 4.43. The molecule has 0 aromatic rings. The molecule has 0 aromatic carbocycles. The molecule has 0 aliphatic heterocycles. The average molecular weight is 232 g/mol. The third-order valence-corrected chi connectivity index (χ3v) is 2.40. The Kier molecular flexibility index (Phi) is 14.8. The van der Waals surface area contributed by atoms with Crippen LogP contribution in [-0.2, 0) is 14.2 Å². The zero-order valence-corrected chi connectivity index (χ0v) is 11.0. The van der Waals surface area contributed by atoms with E-state index in [2.05, 4.69) is 6.92 Å². The predicted octanol–water partition coefficient (Wildman–Crippen LogP) is 3.03. The van der Waals surface area contributed by atoms with Crippen molar-refractivity contribution in [2.24, 2.45) is 0 Å². The predicted molar refractivity (Wildman–Crippen MR) is 66.9 cm³/mol. The quantitative estimate of drug-likeness (QED) is 0.457. The molecule has 0 aliphatic carbocycles. The molecule has 0 radical (unpaired) electrons. The molecule has 0 bridgehead atoms. The van der Waals surface area contributed by atoms with Crippen LogP contribution in [-0.4, -0.2) is 40.1 Å². The minimum atomic E-state index is 0.700. The molecular formula is C13H28O3. The largest absolute Gasteiger partial charge is 0.382 e. The Balaban J connectivity index is 2.83. The molecule has 0 spiro atoms. The Hall–Kier alpha value is -0.120. The monoisotopic (exact) mass is 232 g/mol. The van der Waals surface area contributed by atoms with Gasteiger partial charge in [-0.15, -0.1) is 0 Å². The topological polar surface area (TPSA) is 27.7 Å². The highest BCUT2D eigenvalue weighted by atomic mass is 16.5. The summed E-state index contributed by atoms with van der Waals surface area (Å²) in [5.74, 6) is 0. The molecule has 0 heterocycles. The molecule has 0 N–H and O–H groups in total. The van der Waals surface area contributed by atoms with E-state index in [-0.39, 0.29) is 0 Å². The van der Waals surface area contributed by atoms with Crippen molar-refractivity contribution in [3.05, 3.63) is 0 Å². The number of unbranched alkanes of at least 4 members (excludes halogenated alkanes) is 4. The van der Waals surface area contributed by atoms with Crippen LogP contribution in [0.5, 0.6) is 0 Å². The van der Waals surface area contributed by atoms with Crippen molar-refractivity contribution in [1.82, 2.24) is 0 Å². The summed E-state index contributed by atoms with van der Waals surface area (Å²) in [7, 11) is 1.70. The van der Waals surface area contributed by atoms with Gasteiger partial charge in [-0.25, -0.2) is 0 Å². The van der Waals surface area contributed by atoms with Crippen LogP contribution >= 0.6 is 0 Å². The van der Waals surface area contributed by atoms with Gasteiger partial charge < -0.3 is 14.2 Å². The minimum Gasteiger partial charge on any atom is -0.382 e. The number of hydrogen-bond acceptors (Lipinski definition) is 3. The van der Waals surface area contributed by atoms with Crippen molar-refractivity contribution >= 4 is 0 Å². The normalized spacial score (nSPS) is 10.9. The molecule has 0 unspecified atom stereocenters. The third-order valence-electron chi connectivity index (χ3n) is 2.40.